The van der Waals surface area contributed by atoms with Crippen molar-refractivity contribution in [1.82, 2.24) is 0 Å². The van der Waals surface area contributed by atoms with E-state index in [0.717, 1.165) is 5.69 Å². The maximum atomic E-state index is 8.89. The fourth-order valence-corrected chi connectivity index (χ4v) is 1.47. The van der Waals surface area contributed by atoms with Gasteiger partial charge in [0, 0.05) is 19.4 Å². The van der Waals surface area contributed by atoms with Gasteiger partial charge in [0.25, 0.3) is 0 Å². The van der Waals surface area contributed by atoms with E-state index in [1.807, 2.05) is 12.1 Å². The van der Waals surface area contributed by atoms with Gasteiger partial charge >= 0.3 is 0 Å². The van der Waals surface area contributed by atoms with Gasteiger partial charge in [-0.15, -0.1) is 0 Å². The summed E-state index contributed by atoms with van der Waals surface area (Å²) in [6.07, 6.45) is 0.616. The second kappa shape index (κ2) is 6.83. The Morgan fingerprint density at radius 2 is 2.38 bits per heavy atom. The van der Waals surface area contributed by atoms with E-state index in [1.165, 1.54) is 0 Å². The van der Waals surface area contributed by atoms with Crippen LogP contribution in [-0.4, -0.2) is 31.5 Å². The molecule has 0 fully saturated rings. The van der Waals surface area contributed by atoms with Gasteiger partial charge in [0.15, 0.2) is 0 Å². The fraction of sp³-hybridized carbons (Fsp3) is 0.417. The van der Waals surface area contributed by atoms with E-state index in [1.54, 1.807) is 19.2 Å². The van der Waals surface area contributed by atoms with Gasteiger partial charge in [-0.1, -0.05) is 6.07 Å². The lowest BCUT2D eigenvalue weighted by Crippen LogP contribution is -2.26. The number of anilines is 1. The van der Waals surface area contributed by atoms with Crippen LogP contribution in [0.25, 0.3) is 0 Å². The zero-order valence-electron chi connectivity index (χ0n) is 9.31. The Hall–Kier alpha value is -1.57. The summed E-state index contributed by atoms with van der Waals surface area (Å²) in [4.78, 5) is 0. The minimum absolute atomic E-state index is 0.0592. The number of nitriles is 1. The molecule has 86 valence electrons. The van der Waals surface area contributed by atoms with Crippen molar-refractivity contribution in [3.63, 3.8) is 0 Å². The maximum absolute atomic E-state index is 8.89. The fourth-order valence-electron chi connectivity index (χ4n) is 1.47. The molecule has 1 aromatic carbocycles. The maximum Gasteiger partial charge on any atom is 0.0992 e. The van der Waals surface area contributed by atoms with Gasteiger partial charge in [0.1, 0.15) is 0 Å². The molecule has 1 unspecified atom stereocenters. The van der Waals surface area contributed by atoms with Crippen molar-refractivity contribution in [2.45, 2.75) is 12.5 Å². The third kappa shape index (κ3) is 3.89. The Balaban J connectivity index is 2.65. The number of nitrogens with zero attached hydrogens (tertiary/aromatic N) is 1. The number of nitrogens with one attached hydrogen (secondary N) is 1. The molecule has 0 spiro atoms. The summed E-state index contributed by atoms with van der Waals surface area (Å²) in [6.45, 7) is 0.635. The molecule has 16 heavy (non-hydrogen) atoms. The first-order valence-electron chi connectivity index (χ1n) is 5.16. The SMILES string of the molecule is COCC(CCO)Nc1cccc(C#N)c1. The zero-order chi connectivity index (χ0) is 11.8. The van der Waals surface area contributed by atoms with Crippen molar-refractivity contribution in [3.8, 4) is 6.07 Å². The molecule has 2 N–H and O–H groups in total. The third-order valence-electron chi connectivity index (χ3n) is 2.21. The average molecular weight is 220 g/mol. The van der Waals surface area contributed by atoms with E-state index in [0.29, 0.717) is 18.6 Å². The number of aliphatic hydroxyl groups is 1. The van der Waals surface area contributed by atoms with Gasteiger partial charge < -0.3 is 15.2 Å². The van der Waals surface area contributed by atoms with Crippen molar-refractivity contribution < 1.29 is 9.84 Å². The smallest absolute Gasteiger partial charge is 0.0992 e. The van der Waals surface area contributed by atoms with Crippen LogP contribution in [0.15, 0.2) is 24.3 Å². The summed E-state index contributed by atoms with van der Waals surface area (Å²) in [5, 5.41) is 20.9. The van der Waals surface area contributed by atoms with Gasteiger partial charge in [-0.05, 0) is 24.6 Å². The first-order chi connectivity index (χ1) is 7.80. The summed E-state index contributed by atoms with van der Waals surface area (Å²) in [7, 11) is 1.62. The van der Waals surface area contributed by atoms with Crippen LogP contribution in [0, 0.1) is 11.3 Å². The lowest BCUT2D eigenvalue weighted by atomic mass is 10.1. The lowest BCUT2D eigenvalue weighted by molar-refractivity contribution is 0.170. The summed E-state index contributed by atoms with van der Waals surface area (Å²) in [5.41, 5.74) is 1.49. The summed E-state index contributed by atoms with van der Waals surface area (Å²) >= 11 is 0. The van der Waals surface area contributed by atoms with Gasteiger partial charge in [-0.2, -0.15) is 5.26 Å². The molecule has 0 aliphatic heterocycles. The minimum atomic E-state index is 0.0592. The Labute approximate surface area is 95.5 Å². The number of benzene rings is 1. The van der Waals surface area contributed by atoms with E-state index in [9.17, 15) is 0 Å². The number of hydrogen-bond donors (Lipinski definition) is 2. The molecule has 1 atom stereocenters. The van der Waals surface area contributed by atoms with E-state index in [2.05, 4.69) is 11.4 Å². The first-order valence-corrected chi connectivity index (χ1v) is 5.16. The third-order valence-corrected chi connectivity index (χ3v) is 2.21. The molecule has 0 amide bonds. The minimum Gasteiger partial charge on any atom is -0.396 e. The van der Waals surface area contributed by atoms with Crippen LogP contribution in [-0.2, 0) is 4.74 Å². The number of rotatable bonds is 6. The average Bonchev–Trinajstić information content (AvgIpc) is 2.30. The molecule has 0 bridgehead atoms. The van der Waals surface area contributed by atoms with Gasteiger partial charge in [-0.25, -0.2) is 0 Å². The van der Waals surface area contributed by atoms with E-state index in [-0.39, 0.29) is 12.6 Å². The van der Waals surface area contributed by atoms with Crippen molar-refractivity contribution in [2.24, 2.45) is 0 Å². The monoisotopic (exact) mass is 220 g/mol. The van der Waals surface area contributed by atoms with Crippen LogP contribution in [0.1, 0.15) is 12.0 Å². The quantitative estimate of drug-likeness (QED) is 0.760. The van der Waals surface area contributed by atoms with Crippen molar-refractivity contribution in [1.29, 1.82) is 5.26 Å². The van der Waals surface area contributed by atoms with Gasteiger partial charge in [-0.3, -0.25) is 0 Å². The number of aliphatic hydroxyl groups excluding tert-OH is 1. The Morgan fingerprint density at radius 1 is 1.56 bits per heavy atom. The molecule has 0 saturated heterocycles. The highest BCUT2D eigenvalue weighted by Gasteiger charge is 2.07. The molecular weight excluding hydrogens is 204 g/mol. The Kier molecular flexibility index (Phi) is 5.34. The van der Waals surface area contributed by atoms with E-state index in [4.69, 9.17) is 15.1 Å². The van der Waals surface area contributed by atoms with Crippen LogP contribution in [0.2, 0.25) is 0 Å². The van der Waals surface area contributed by atoms with Crippen molar-refractivity contribution >= 4 is 5.69 Å². The Morgan fingerprint density at radius 3 is 3.00 bits per heavy atom. The van der Waals surface area contributed by atoms with Crippen molar-refractivity contribution in [2.75, 3.05) is 25.6 Å². The molecule has 4 nitrogen and oxygen atoms in total. The lowest BCUT2D eigenvalue weighted by Gasteiger charge is -2.18. The Bertz CT molecular complexity index is 354. The molecule has 0 aromatic heterocycles. The normalized spacial score (nSPS) is 11.8. The number of ether oxygens (including phenoxy) is 1. The van der Waals surface area contributed by atoms with E-state index >= 15 is 0 Å². The molecule has 0 saturated carbocycles. The molecule has 1 aromatic rings. The highest BCUT2D eigenvalue weighted by atomic mass is 16.5. The zero-order valence-corrected chi connectivity index (χ0v) is 9.31. The molecule has 0 aliphatic carbocycles. The standard InChI is InChI=1S/C12H16N2O2/c1-16-9-12(5-6-15)14-11-4-2-3-10(7-11)8-13/h2-4,7,12,14-15H,5-6,9H2,1H3. The predicted molar refractivity (Wildman–Crippen MR) is 62.1 cm³/mol. The van der Waals surface area contributed by atoms with Gasteiger partial charge in [0.2, 0.25) is 0 Å². The summed E-state index contributed by atoms with van der Waals surface area (Å²) in [6, 6.07) is 9.39. The molecule has 0 radical (unpaired) electrons. The molecule has 1 rings (SSSR count). The molecule has 0 aliphatic rings. The molecule has 0 heterocycles. The second-order valence-electron chi connectivity index (χ2n) is 3.50. The van der Waals surface area contributed by atoms with Crippen LogP contribution >= 0.6 is 0 Å². The van der Waals surface area contributed by atoms with Gasteiger partial charge in [0.05, 0.1) is 24.3 Å². The number of methoxy groups -OCH3 is 1. The van der Waals surface area contributed by atoms with Crippen LogP contribution < -0.4 is 5.32 Å². The topological polar surface area (TPSA) is 65.3 Å². The van der Waals surface area contributed by atoms with E-state index < -0.39 is 0 Å². The summed E-state index contributed by atoms with van der Waals surface area (Å²) < 4.78 is 5.05. The van der Waals surface area contributed by atoms with Crippen LogP contribution in [0.3, 0.4) is 0 Å². The predicted octanol–water partition coefficient (Wildman–Crippen LogP) is 1.37. The molecular formula is C12H16N2O2. The summed E-state index contributed by atoms with van der Waals surface area (Å²) in [5.74, 6) is 0. The first kappa shape index (κ1) is 12.5. The highest BCUT2D eigenvalue weighted by molar-refractivity contribution is 5.49. The number of hydrogen-bond acceptors (Lipinski definition) is 4. The van der Waals surface area contributed by atoms with Crippen LogP contribution in [0.5, 0.6) is 0 Å². The highest BCUT2D eigenvalue weighted by Crippen LogP contribution is 2.12. The second-order valence-corrected chi connectivity index (χ2v) is 3.50. The largest absolute Gasteiger partial charge is 0.396 e. The van der Waals surface area contributed by atoms with Crippen molar-refractivity contribution in [3.05, 3.63) is 29.8 Å². The molecule has 4 heteroatoms. The van der Waals surface area contributed by atoms with Crippen LogP contribution in [0.4, 0.5) is 5.69 Å².